The maximum atomic E-state index is 6.09. The fourth-order valence-corrected chi connectivity index (χ4v) is 2.04. The van der Waals surface area contributed by atoms with Crippen molar-refractivity contribution in [3.05, 3.63) is 59.3 Å². The summed E-state index contributed by atoms with van der Waals surface area (Å²) in [5, 5.41) is 1.50. The number of fused-ring (bicyclic) bond motifs is 1. The molecule has 0 aliphatic rings. The van der Waals surface area contributed by atoms with Crippen LogP contribution in [0, 0.1) is 0 Å². The Morgan fingerprint density at radius 2 is 2.17 bits per heavy atom. The molecule has 1 atom stereocenters. The van der Waals surface area contributed by atoms with E-state index in [1.807, 2.05) is 24.3 Å². The normalized spacial score (nSPS) is 12.8. The first-order valence-electron chi connectivity index (χ1n) is 5.45. The van der Waals surface area contributed by atoms with Crippen molar-refractivity contribution >= 4 is 22.6 Å². The number of hydrogen-bond acceptors (Lipinski definition) is 4. The molecule has 0 saturated carbocycles. The quantitative estimate of drug-likeness (QED) is 0.768. The fraction of sp³-hybridized carbons (Fsp3) is 0.0769. The number of aromatic nitrogens is 2. The highest BCUT2D eigenvalue weighted by Gasteiger charge is 2.16. The van der Waals surface area contributed by atoms with Gasteiger partial charge in [0.15, 0.2) is 0 Å². The molecule has 0 amide bonds. The lowest BCUT2D eigenvalue weighted by molar-refractivity contribution is 0.520. The Bertz CT molecular complexity index is 681. The van der Waals surface area contributed by atoms with Gasteiger partial charge in [0.05, 0.1) is 16.9 Å². The molecular formula is C13H10ClN3O. The maximum Gasteiger partial charge on any atom is 0.135 e. The van der Waals surface area contributed by atoms with Gasteiger partial charge < -0.3 is 10.2 Å². The second-order valence-corrected chi connectivity index (χ2v) is 4.32. The predicted octanol–water partition coefficient (Wildman–Crippen LogP) is 2.92. The van der Waals surface area contributed by atoms with Gasteiger partial charge in [0, 0.05) is 17.8 Å². The first-order chi connectivity index (χ1) is 8.75. The summed E-state index contributed by atoms with van der Waals surface area (Å²) in [5.74, 6) is 0.624. The molecule has 2 heterocycles. The number of nitrogens with zero attached hydrogens (tertiary/aromatic N) is 2. The molecule has 1 unspecified atom stereocenters. The van der Waals surface area contributed by atoms with Crippen LogP contribution in [-0.2, 0) is 0 Å². The van der Waals surface area contributed by atoms with Crippen molar-refractivity contribution in [2.45, 2.75) is 6.04 Å². The van der Waals surface area contributed by atoms with Crippen molar-refractivity contribution in [2.75, 3.05) is 0 Å². The molecule has 0 spiro atoms. The summed E-state index contributed by atoms with van der Waals surface area (Å²) >= 11 is 6.09. The van der Waals surface area contributed by atoms with Gasteiger partial charge in [-0.25, -0.2) is 0 Å². The van der Waals surface area contributed by atoms with Gasteiger partial charge in [-0.1, -0.05) is 17.7 Å². The van der Waals surface area contributed by atoms with Crippen molar-refractivity contribution in [2.24, 2.45) is 5.73 Å². The third-order valence-corrected chi connectivity index (χ3v) is 3.07. The zero-order chi connectivity index (χ0) is 12.5. The van der Waals surface area contributed by atoms with Crippen LogP contribution in [0.4, 0.5) is 0 Å². The number of halogens is 1. The van der Waals surface area contributed by atoms with Gasteiger partial charge in [-0.15, -0.1) is 0 Å². The van der Waals surface area contributed by atoms with Crippen LogP contribution < -0.4 is 5.73 Å². The number of hydrogen-bond donors (Lipinski definition) is 1. The fourth-order valence-electron chi connectivity index (χ4n) is 1.82. The van der Waals surface area contributed by atoms with E-state index in [4.69, 9.17) is 21.8 Å². The van der Waals surface area contributed by atoms with Crippen molar-refractivity contribution < 1.29 is 4.42 Å². The summed E-state index contributed by atoms with van der Waals surface area (Å²) < 4.78 is 5.69. The van der Waals surface area contributed by atoms with E-state index in [2.05, 4.69) is 9.97 Å². The average Bonchev–Trinajstić information content (AvgIpc) is 2.84. The molecule has 0 fully saturated rings. The molecule has 3 rings (SSSR count). The highest BCUT2D eigenvalue weighted by molar-refractivity contribution is 6.35. The minimum Gasteiger partial charge on any atom is -0.459 e. The molecule has 0 radical (unpaired) electrons. The lowest BCUT2D eigenvalue weighted by atomic mass is 10.1. The van der Waals surface area contributed by atoms with Gasteiger partial charge >= 0.3 is 0 Å². The van der Waals surface area contributed by atoms with Crippen LogP contribution in [0.25, 0.3) is 11.0 Å². The first kappa shape index (κ1) is 11.2. The molecule has 4 nitrogen and oxygen atoms in total. The SMILES string of the molecule is NC(c1cnccn1)c1cc2c(Cl)cccc2o1. The summed E-state index contributed by atoms with van der Waals surface area (Å²) in [4.78, 5) is 8.16. The molecule has 0 bridgehead atoms. The monoisotopic (exact) mass is 259 g/mol. The van der Waals surface area contributed by atoms with Crippen molar-refractivity contribution in [3.63, 3.8) is 0 Å². The average molecular weight is 260 g/mol. The largest absolute Gasteiger partial charge is 0.459 e. The third-order valence-electron chi connectivity index (χ3n) is 2.74. The highest BCUT2D eigenvalue weighted by Crippen LogP contribution is 2.30. The second-order valence-electron chi connectivity index (χ2n) is 3.91. The van der Waals surface area contributed by atoms with Gasteiger partial charge in [0.1, 0.15) is 17.4 Å². The van der Waals surface area contributed by atoms with E-state index in [1.54, 1.807) is 18.6 Å². The molecule has 0 aliphatic heterocycles. The van der Waals surface area contributed by atoms with Gasteiger partial charge in [0.2, 0.25) is 0 Å². The van der Waals surface area contributed by atoms with E-state index in [-0.39, 0.29) is 0 Å². The number of rotatable bonds is 2. The lowest BCUT2D eigenvalue weighted by Gasteiger charge is -2.06. The third kappa shape index (κ3) is 1.85. The van der Waals surface area contributed by atoms with Crippen LogP contribution in [-0.4, -0.2) is 9.97 Å². The molecule has 0 aliphatic carbocycles. The Labute approximate surface area is 108 Å². The van der Waals surface area contributed by atoms with Crippen LogP contribution in [0.1, 0.15) is 17.5 Å². The first-order valence-corrected chi connectivity index (χ1v) is 5.83. The van der Waals surface area contributed by atoms with Crippen LogP contribution in [0.5, 0.6) is 0 Å². The lowest BCUT2D eigenvalue weighted by Crippen LogP contribution is -2.12. The van der Waals surface area contributed by atoms with Crippen LogP contribution >= 0.6 is 11.6 Å². The summed E-state index contributed by atoms with van der Waals surface area (Å²) in [6, 6.07) is 6.91. The Hall–Kier alpha value is -1.91. The van der Waals surface area contributed by atoms with E-state index in [0.29, 0.717) is 16.5 Å². The van der Waals surface area contributed by atoms with E-state index in [1.165, 1.54) is 0 Å². The summed E-state index contributed by atoms with van der Waals surface area (Å²) in [5.41, 5.74) is 7.47. The van der Waals surface area contributed by atoms with Gasteiger partial charge in [-0.3, -0.25) is 9.97 Å². The standard InChI is InChI=1S/C13H10ClN3O/c14-9-2-1-3-11-8(9)6-12(18-11)13(15)10-7-16-4-5-17-10/h1-7,13H,15H2. The van der Waals surface area contributed by atoms with Crippen molar-refractivity contribution in [1.82, 2.24) is 9.97 Å². The minimum atomic E-state index is -0.442. The zero-order valence-corrected chi connectivity index (χ0v) is 10.1. The Morgan fingerprint density at radius 1 is 1.28 bits per heavy atom. The van der Waals surface area contributed by atoms with Crippen molar-refractivity contribution in [1.29, 1.82) is 0 Å². The topological polar surface area (TPSA) is 64.9 Å². The van der Waals surface area contributed by atoms with E-state index < -0.39 is 6.04 Å². The van der Waals surface area contributed by atoms with E-state index in [0.717, 1.165) is 11.0 Å². The van der Waals surface area contributed by atoms with Crippen LogP contribution in [0.3, 0.4) is 0 Å². The van der Waals surface area contributed by atoms with Gasteiger partial charge in [0.25, 0.3) is 0 Å². The molecule has 1 aromatic carbocycles. The molecule has 2 N–H and O–H groups in total. The summed E-state index contributed by atoms with van der Waals surface area (Å²) in [6.07, 6.45) is 4.83. The van der Waals surface area contributed by atoms with Crippen molar-refractivity contribution in [3.8, 4) is 0 Å². The molecule has 3 aromatic rings. The smallest absolute Gasteiger partial charge is 0.135 e. The summed E-state index contributed by atoms with van der Waals surface area (Å²) in [6.45, 7) is 0. The number of furan rings is 1. The number of benzene rings is 1. The molecule has 18 heavy (non-hydrogen) atoms. The van der Waals surface area contributed by atoms with Gasteiger partial charge in [-0.2, -0.15) is 0 Å². The van der Waals surface area contributed by atoms with Crippen LogP contribution in [0.15, 0.2) is 47.3 Å². The Kier molecular flexibility index (Phi) is 2.74. The molecule has 2 aromatic heterocycles. The number of nitrogens with two attached hydrogens (primary N) is 1. The van der Waals surface area contributed by atoms with E-state index in [9.17, 15) is 0 Å². The zero-order valence-electron chi connectivity index (χ0n) is 9.38. The Morgan fingerprint density at radius 3 is 2.89 bits per heavy atom. The maximum absolute atomic E-state index is 6.09. The van der Waals surface area contributed by atoms with Gasteiger partial charge in [-0.05, 0) is 18.2 Å². The Balaban J connectivity index is 2.07. The molecule has 5 heteroatoms. The minimum absolute atomic E-state index is 0.442. The second kappa shape index (κ2) is 4.40. The van der Waals surface area contributed by atoms with E-state index >= 15 is 0 Å². The predicted molar refractivity (Wildman–Crippen MR) is 69.3 cm³/mol. The molecule has 90 valence electrons. The molecular weight excluding hydrogens is 250 g/mol. The molecule has 0 saturated heterocycles. The highest BCUT2D eigenvalue weighted by atomic mass is 35.5. The van der Waals surface area contributed by atoms with Crippen LogP contribution in [0.2, 0.25) is 5.02 Å². The summed E-state index contributed by atoms with van der Waals surface area (Å²) in [7, 11) is 0.